The fourth-order valence-corrected chi connectivity index (χ4v) is 2.81. The standard InChI is InChI=1S/C15H21ClN2O2/c16-14-8-12(15(17)18-19)6-7-13(14)10-20-9-11-4-2-1-3-5-11/h6-8,11,19H,1-5,9-10H2,(H2,17,18). The van der Waals surface area contributed by atoms with E-state index in [2.05, 4.69) is 5.16 Å². The van der Waals surface area contributed by atoms with Crippen LogP contribution in [0.15, 0.2) is 23.4 Å². The summed E-state index contributed by atoms with van der Waals surface area (Å²) in [6.45, 7) is 1.31. The van der Waals surface area contributed by atoms with Crippen LogP contribution in [0.4, 0.5) is 0 Å². The van der Waals surface area contributed by atoms with Gasteiger partial charge in [-0.25, -0.2) is 0 Å². The van der Waals surface area contributed by atoms with E-state index in [0.717, 1.165) is 12.2 Å². The maximum absolute atomic E-state index is 8.63. The molecule has 1 aromatic carbocycles. The van der Waals surface area contributed by atoms with Crippen LogP contribution in [0.3, 0.4) is 0 Å². The Labute approximate surface area is 124 Å². The lowest BCUT2D eigenvalue weighted by Crippen LogP contribution is -2.14. The summed E-state index contributed by atoms with van der Waals surface area (Å²) in [6, 6.07) is 5.33. The average molecular weight is 297 g/mol. The number of oxime groups is 1. The SMILES string of the molecule is N/C(=N/O)c1ccc(COCC2CCCCC2)c(Cl)c1. The van der Waals surface area contributed by atoms with Crippen LogP contribution in [0.25, 0.3) is 0 Å². The Morgan fingerprint density at radius 3 is 2.75 bits per heavy atom. The van der Waals surface area contributed by atoms with E-state index in [1.165, 1.54) is 32.1 Å². The first-order chi connectivity index (χ1) is 9.70. The maximum Gasteiger partial charge on any atom is 0.170 e. The number of hydrogen-bond acceptors (Lipinski definition) is 3. The van der Waals surface area contributed by atoms with Gasteiger partial charge in [-0.15, -0.1) is 0 Å². The molecule has 0 bridgehead atoms. The third kappa shape index (κ3) is 4.12. The molecular formula is C15H21ClN2O2. The van der Waals surface area contributed by atoms with Crippen LogP contribution in [-0.2, 0) is 11.3 Å². The minimum Gasteiger partial charge on any atom is -0.409 e. The van der Waals surface area contributed by atoms with Crippen LogP contribution in [0.1, 0.15) is 43.2 Å². The molecule has 4 nitrogen and oxygen atoms in total. The molecule has 0 spiro atoms. The van der Waals surface area contributed by atoms with E-state index < -0.39 is 0 Å². The zero-order valence-electron chi connectivity index (χ0n) is 11.5. The van der Waals surface area contributed by atoms with Crippen LogP contribution in [0.5, 0.6) is 0 Å². The van der Waals surface area contributed by atoms with E-state index in [1.807, 2.05) is 6.07 Å². The van der Waals surface area contributed by atoms with Crippen molar-refractivity contribution < 1.29 is 9.94 Å². The quantitative estimate of drug-likeness (QED) is 0.378. The monoisotopic (exact) mass is 296 g/mol. The van der Waals surface area contributed by atoms with Crippen LogP contribution in [-0.4, -0.2) is 17.6 Å². The van der Waals surface area contributed by atoms with Gasteiger partial charge in [0.25, 0.3) is 0 Å². The molecule has 1 saturated carbocycles. The summed E-state index contributed by atoms with van der Waals surface area (Å²) in [5.41, 5.74) is 7.05. The lowest BCUT2D eigenvalue weighted by Gasteiger charge is -2.21. The number of benzene rings is 1. The molecule has 1 aliphatic rings. The van der Waals surface area contributed by atoms with Gasteiger partial charge in [-0.05, 0) is 30.4 Å². The normalized spacial score (nSPS) is 17.4. The summed E-state index contributed by atoms with van der Waals surface area (Å²) in [4.78, 5) is 0. The van der Waals surface area contributed by atoms with Gasteiger partial charge in [0, 0.05) is 17.2 Å². The van der Waals surface area contributed by atoms with Gasteiger partial charge < -0.3 is 15.7 Å². The zero-order valence-corrected chi connectivity index (χ0v) is 12.3. The molecule has 1 aliphatic carbocycles. The summed E-state index contributed by atoms with van der Waals surface area (Å²) in [5, 5.41) is 12.2. The van der Waals surface area contributed by atoms with E-state index >= 15 is 0 Å². The van der Waals surface area contributed by atoms with Gasteiger partial charge in [-0.1, -0.05) is 48.2 Å². The number of ether oxygens (including phenoxy) is 1. The topological polar surface area (TPSA) is 67.8 Å². The second kappa shape index (κ2) is 7.50. The smallest absolute Gasteiger partial charge is 0.170 e. The third-order valence-electron chi connectivity index (χ3n) is 3.79. The van der Waals surface area contributed by atoms with Crippen molar-refractivity contribution in [3.8, 4) is 0 Å². The van der Waals surface area contributed by atoms with Crippen LogP contribution in [0.2, 0.25) is 5.02 Å². The average Bonchev–Trinajstić information content (AvgIpc) is 2.49. The highest BCUT2D eigenvalue weighted by atomic mass is 35.5. The van der Waals surface area contributed by atoms with Crippen molar-refractivity contribution in [1.82, 2.24) is 0 Å². The third-order valence-corrected chi connectivity index (χ3v) is 4.14. The Morgan fingerprint density at radius 1 is 1.35 bits per heavy atom. The number of amidine groups is 1. The molecule has 0 atom stereocenters. The number of halogens is 1. The highest BCUT2D eigenvalue weighted by Gasteiger charge is 2.13. The van der Waals surface area contributed by atoms with Crippen molar-refractivity contribution in [3.05, 3.63) is 34.3 Å². The van der Waals surface area contributed by atoms with Gasteiger partial charge in [-0.2, -0.15) is 0 Å². The minimum absolute atomic E-state index is 0.0570. The lowest BCUT2D eigenvalue weighted by molar-refractivity contribution is 0.0740. The molecule has 1 fully saturated rings. The first kappa shape index (κ1) is 15.1. The predicted molar refractivity (Wildman–Crippen MR) is 80.2 cm³/mol. The molecule has 1 aromatic rings. The molecule has 5 heteroatoms. The van der Waals surface area contributed by atoms with Crippen molar-refractivity contribution in [2.45, 2.75) is 38.7 Å². The maximum atomic E-state index is 8.63. The molecule has 3 N–H and O–H groups in total. The second-order valence-corrected chi connectivity index (χ2v) is 5.72. The van der Waals surface area contributed by atoms with Crippen LogP contribution in [0, 0.1) is 5.92 Å². The largest absolute Gasteiger partial charge is 0.409 e. The number of rotatable bonds is 5. The van der Waals surface area contributed by atoms with E-state index in [0.29, 0.717) is 23.1 Å². The minimum atomic E-state index is 0.0570. The van der Waals surface area contributed by atoms with Crippen molar-refractivity contribution in [2.75, 3.05) is 6.61 Å². The van der Waals surface area contributed by atoms with Crippen molar-refractivity contribution in [2.24, 2.45) is 16.8 Å². The predicted octanol–water partition coefficient (Wildman–Crippen LogP) is 3.53. The van der Waals surface area contributed by atoms with Crippen molar-refractivity contribution >= 4 is 17.4 Å². The first-order valence-corrected chi connectivity index (χ1v) is 7.42. The summed E-state index contributed by atoms with van der Waals surface area (Å²) in [6.07, 6.45) is 6.55. The summed E-state index contributed by atoms with van der Waals surface area (Å²) in [7, 11) is 0. The Morgan fingerprint density at radius 2 is 2.10 bits per heavy atom. The van der Waals surface area contributed by atoms with Gasteiger partial charge >= 0.3 is 0 Å². The molecule has 0 amide bonds. The number of nitrogens with zero attached hydrogens (tertiary/aromatic N) is 1. The number of nitrogens with two attached hydrogens (primary N) is 1. The first-order valence-electron chi connectivity index (χ1n) is 7.04. The van der Waals surface area contributed by atoms with E-state index in [4.69, 9.17) is 27.3 Å². The molecule has 0 saturated heterocycles. The van der Waals surface area contributed by atoms with Crippen molar-refractivity contribution in [1.29, 1.82) is 0 Å². The summed E-state index contributed by atoms with van der Waals surface area (Å²) >= 11 is 6.18. The summed E-state index contributed by atoms with van der Waals surface area (Å²) < 4.78 is 5.77. The lowest BCUT2D eigenvalue weighted by atomic mass is 9.90. The Kier molecular flexibility index (Phi) is 5.68. The Bertz CT molecular complexity index is 471. The van der Waals surface area contributed by atoms with Gasteiger partial charge in [0.05, 0.1) is 6.61 Å². The molecule has 0 aliphatic heterocycles. The molecule has 0 heterocycles. The molecule has 2 rings (SSSR count). The molecular weight excluding hydrogens is 276 g/mol. The Balaban J connectivity index is 1.86. The fourth-order valence-electron chi connectivity index (χ4n) is 2.57. The molecule has 20 heavy (non-hydrogen) atoms. The number of hydrogen-bond donors (Lipinski definition) is 2. The van der Waals surface area contributed by atoms with Gasteiger partial charge in [0.1, 0.15) is 0 Å². The van der Waals surface area contributed by atoms with Crippen molar-refractivity contribution in [3.63, 3.8) is 0 Å². The van der Waals surface area contributed by atoms with Crippen LogP contribution < -0.4 is 5.73 Å². The molecule has 0 unspecified atom stereocenters. The highest BCUT2D eigenvalue weighted by molar-refractivity contribution is 6.31. The molecule has 0 radical (unpaired) electrons. The van der Waals surface area contributed by atoms with Gasteiger partial charge in [0.15, 0.2) is 5.84 Å². The summed E-state index contributed by atoms with van der Waals surface area (Å²) in [5.74, 6) is 0.750. The highest BCUT2D eigenvalue weighted by Crippen LogP contribution is 2.25. The van der Waals surface area contributed by atoms with Crippen LogP contribution >= 0.6 is 11.6 Å². The van der Waals surface area contributed by atoms with Gasteiger partial charge in [-0.3, -0.25) is 0 Å². The fraction of sp³-hybridized carbons (Fsp3) is 0.533. The zero-order chi connectivity index (χ0) is 14.4. The second-order valence-electron chi connectivity index (χ2n) is 5.31. The Hall–Kier alpha value is -1.26. The molecule has 110 valence electrons. The molecule has 0 aromatic heterocycles. The van der Waals surface area contributed by atoms with E-state index in [1.54, 1.807) is 12.1 Å². The van der Waals surface area contributed by atoms with Gasteiger partial charge in [0.2, 0.25) is 0 Å². The van der Waals surface area contributed by atoms with E-state index in [9.17, 15) is 0 Å². The van der Waals surface area contributed by atoms with E-state index in [-0.39, 0.29) is 5.84 Å².